The van der Waals surface area contributed by atoms with E-state index in [9.17, 15) is 9.59 Å². The molecule has 1 aromatic rings. The first kappa shape index (κ1) is 12.1. The molecule has 1 rings (SSSR count). The number of benzene rings is 1. The van der Waals surface area contributed by atoms with Gasteiger partial charge in [0.2, 0.25) is 0 Å². The zero-order valence-corrected chi connectivity index (χ0v) is 9.27. The van der Waals surface area contributed by atoms with Gasteiger partial charge in [0.1, 0.15) is 6.29 Å². The van der Waals surface area contributed by atoms with Crippen LogP contribution in [0.1, 0.15) is 18.1 Å². The Morgan fingerprint density at radius 3 is 2.75 bits per heavy atom. The molecule has 0 spiro atoms. The van der Waals surface area contributed by atoms with Gasteiger partial charge in [-0.2, -0.15) is 0 Å². The van der Waals surface area contributed by atoms with Crippen LogP contribution in [0, 0.1) is 0 Å². The molecule has 0 aliphatic carbocycles. The second-order valence-corrected chi connectivity index (χ2v) is 3.54. The van der Waals surface area contributed by atoms with E-state index in [1.807, 2.05) is 24.3 Å². The van der Waals surface area contributed by atoms with Crippen molar-refractivity contribution in [2.45, 2.75) is 13.3 Å². The Morgan fingerprint density at radius 1 is 1.38 bits per heavy atom. The van der Waals surface area contributed by atoms with Gasteiger partial charge >= 0.3 is 0 Å². The van der Waals surface area contributed by atoms with Gasteiger partial charge in [-0.1, -0.05) is 36.9 Å². The van der Waals surface area contributed by atoms with Crippen LogP contribution in [0.25, 0.3) is 5.57 Å². The third-order valence-electron chi connectivity index (χ3n) is 2.14. The summed E-state index contributed by atoms with van der Waals surface area (Å²) in [4.78, 5) is 21.2. The first-order valence-electron chi connectivity index (χ1n) is 5.04. The van der Waals surface area contributed by atoms with Gasteiger partial charge < -0.3 is 4.79 Å². The largest absolute Gasteiger partial charge is 0.303 e. The minimum atomic E-state index is -0.00908. The van der Waals surface area contributed by atoms with Crippen LogP contribution in [0.2, 0.25) is 0 Å². The molecule has 0 amide bonds. The van der Waals surface area contributed by atoms with E-state index in [0.29, 0.717) is 6.42 Å². The van der Waals surface area contributed by atoms with E-state index < -0.39 is 0 Å². The monoisotopic (exact) mass is 214 g/mol. The van der Waals surface area contributed by atoms with Crippen molar-refractivity contribution in [2.75, 3.05) is 0 Å². The molecule has 0 heterocycles. The molecule has 0 saturated carbocycles. The summed E-state index contributed by atoms with van der Waals surface area (Å²) in [5.41, 5.74) is 2.64. The average molecular weight is 214 g/mol. The van der Waals surface area contributed by atoms with Crippen molar-refractivity contribution in [3.8, 4) is 0 Å². The van der Waals surface area contributed by atoms with E-state index in [0.717, 1.165) is 23.0 Å². The van der Waals surface area contributed by atoms with E-state index in [4.69, 9.17) is 0 Å². The molecule has 0 radical (unpaired) electrons. The van der Waals surface area contributed by atoms with Gasteiger partial charge in [0.25, 0.3) is 0 Å². The summed E-state index contributed by atoms with van der Waals surface area (Å²) >= 11 is 0. The number of aldehydes is 1. The summed E-state index contributed by atoms with van der Waals surface area (Å²) in [6.45, 7) is 5.36. The molecule has 0 fully saturated rings. The van der Waals surface area contributed by atoms with Crippen LogP contribution in [-0.2, 0) is 16.0 Å². The van der Waals surface area contributed by atoms with E-state index in [-0.39, 0.29) is 5.78 Å². The second-order valence-electron chi connectivity index (χ2n) is 3.54. The summed E-state index contributed by atoms with van der Waals surface area (Å²) in [6, 6.07) is 7.57. The summed E-state index contributed by atoms with van der Waals surface area (Å²) in [5.74, 6) is -0.00908. The summed E-state index contributed by atoms with van der Waals surface area (Å²) in [5, 5.41) is 0. The number of hydrogen-bond acceptors (Lipinski definition) is 2. The predicted octanol–water partition coefficient (Wildman–Crippen LogP) is 2.59. The Bertz CT molecular complexity index is 442. The zero-order valence-electron chi connectivity index (χ0n) is 9.27. The standard InChI is InChI=1S/C14H14O2/c1-11(6-7-12(2)16)14-5-3-4-13(10-14)8-9-15/h3-7,9-10H,1,8H2,2H3/b7-6-. The molecule has 0 N–H and O–H groups in total. The Balaban J connectivity index is 2.87. The Labute approximate surface area is 95.3 Å². The van der Waals surface area contributed by atoms with Crippen molar-refractivity contribution < 1.29 is 9.59 Å². The molecule has 0 aliphatic rings. The first-order valence-corrected chi connectivity index (χ1v) is 5.04. The Morgan fingerprint density at radius 2 is 2.12 bits per heavy atom. The minimum Gasteiger partial charge on any atom is -0.303 e. The smallest absolute Gasteiger partial charge is 0.152 e. The maximum Gasteiger partial charge on any atom is 0.152 e. The van der Waals surface area contributed by atoms with Crippen molar-refractivity contribution >= 4 is 17.6 Å². The highest BCUT2D eigenvalue weighted by Gasteiger charge is 1.97. The molecule has 2 heteroatoms. The zero-order chi connectivity index (χ0) is 12.0. The lowest BCUT2D eigenvalue weighted by Gasteiger charge is -2.02. The maximum absolute atomic E-state index is 10.8. The Kier molecular flexibility index (Phi) is 4.40. The molecule has 0 unspecified atom stereocenters. The SMILES string of the molecule is C=C(/C=C\C(C)=O)c1cccc(CC=O)c1. The minimum absolute atomic E-state index is 0.00908. The van der Waals surface area contributed by atoms with E-state index in [1.165, 1.54) is 13.0 Å². The molecule has 16 heavy (non-hydrogen) atoms. The van der Waals surface area contributed by atoms with Gasteiger partial charge in [-0.05, 0) is 29.7 Å². The number of hydrogen-bond donors (Lipinski definition) is 0. The lowest BCUT2D eigenvalue weighted by Crippen LogP contribution is -1.88. The fourth-order valence-corrected chi connectivity index (χ4v) is 1.31. The fourth-order valence-electron chi connectivity index (χ4n) is 1.31. The summed E-state index contributed by atoms with van der Waals surface area (Å²) < 4.78 is 0. The molecule has 2 nitrogen and oxygen atoms in total. The van der Waals surface area contributed by atoms with Gasteiger partial charge in [0.15, 0.2) is 5.78 Å². The van der Waals surface area contributed by atoms with Gasteiger partial charge in [-0.15, -0.1) is 0 Å². The number of rotatable bonds is 5. The normalized spacial score (nSPS) is 10.3. The molecule has 1 aromatic carbocycles. The lowest BCUT2D eigenvalue weighted by atomic mass is 10.0. The van der Waals surface area contributed by atoms with Gasteiger partial charge in [0.05, 0.1) is 0 Å². The Hall–Kier alpha value is -1.96. The number of carbonyl (C=O) groups excluding carboxylic acids is 2. The lowest BCUT2D eigenvalue weighted by molar-refractivity contribution is -0.112. The highest BCUT2D eigenvalue weighted by atomic mass is 16.1. The van der Waals surface area contributed by atoms with Crippen molar-refractivity contribution in [3.05, 3.63) is 54.1 Å². The molecule has 82 valence electrons. The highest BCUT2D eigenvalue weighted by molar-refractivity contribution is 5.90. The van der Waals surface area contributed by atoms with E-state index in [1.54, 1.807) is 6.08 Å². The molecule has 0 aliphatic heterocycles. The molecule has 0 aromatic heterocycles. The van der Waals surface area contributed by atoms with Crippen LogP contribution >= 0.6 is 0 Å². The number of ketones is 1. The van der Waals surface area contributed by atoms with Crippen LogP contribution in [0.3, 0.4) is 0 Å². The van der Waals surface area contributed by atoms with Crippen LogP contribution in [-0.4, -0.2) is 12.1 Å². The number of allylic oxidation sites excluding steroid dienone is 3. The van der Waals surface area contributed by atoms with E-state index >= 15 is 0 Å². The maximum atomic E-state index is 10.8. The quantitative estimate of drug-likeness (QED) is 0.429. The molecular formula is C14H14O2. The molecule has 0 atom stereocenters. The summed E-state index contributed by atoms with van der Waals surface area (Å²) in [6.07, 6.45) is 4.43. The number of carbonyl (C=O) groups is 2. The third kappa shape index (κ3) is 3.65. The second kappa shape index (κ2) is 5.81. The van der Waals surface area contributed by atoms with Gasteiger partial charge in [0, 0.05) is 6.42 Å². The highest BCUT2D eigenvalue weighted by Crippen LogP contribution is 2.15. The molecular weight excluding hydrogens is 200 g/mol. The molecule has 0 saturated heterocycles. The van der Waals surface area contributed by atoms with Crippen LogP contribution in [0.15, 0.2) is 43.0 Å². The van der Waals surface area contributed by atoms with Crippen molar-refractivity contribution in [2.24, 2.45) is 0 Å². The van der Waals surface area contributed by atoms with Gasteiger partial charge in [-0.25, -0.2) is 0 Å². The average Bonchev–Trinajstić information content (AvgIpc) is 2.26. The molecule has 0 bridgehead atoms. The topological polar surface area (TPSA) is 34.1 Å². The predicted molar refractivity (Wildman–Crippen MR) is 65.1 cm³/mol. The van der Waals surface area contributed by atoms with Crippen LogP contribution in [0.4, 0.5) is 0 Å². The fraction of sp³-hybridized carbons (Fsp3) is 0.143. The van der Waals surface area contributed by atoms with Crippen molar-refractivity contribution in [1.82, 2.24) is 0 Å². The third-order valence-corrected chi connectivity index (χ3v) is 2.14. The first-order chi connectivity index (χ1) is 7.63. The van der Waals surface area contributed by atoms with E-state index in [2.05, 4.69) is 6.58 Å². The summed E-state index contributed by atoms with van der Waals surface area (Å²) in [7, 11) is 0. The van der Waals surface area contributed by atoms with Gasteiger partial charge in [-0.3, -0.25) is 4.79 Å². The van der Waals surface area contributed by atoms with Crippen LogP contribution < -0.4 is 0 Å². The van der Waals surface area contributed by atoms with Crippen LogP contribution in [0.5, 0.6) is 0 Å². The van der Waals surface area contributed by atoms with Crippen molar-refractivity contribution in [1.29, 1.82) is 0 Å². The van der Waals surface area contributed by atoms with Crippen molar-refractivity contribution in [3.63, 3.8) is 0 Å².